The van der Waals surface area contributed by atoms with Gasteiger partial charge in [0.1, 0.15) is 0 Å². The van der Waals surface area contributed by atoms with E-state index in [1.807, 2.05) is 0 Å². The molecule has 0 heterocycles. The second-order valence-electron chi connectivity index (χ2n) is 13.3. The summed E-state index contributed by atoms with van der Waals surface area (Å²) in [7, 11) is 0.231. The Bertz CT molecular complexity index is 498. The van der Waals surface area contributed by atoms with E-state index in [0.29, 0.717) is 21.1 Å². The van der Waals surface area contributed by atoms with Gasteiger partial charge in [-0.3, -0.25) is 0 Å². The van der Waals surface area contributed by atoms with Crippen LogP contribution in [-0.4, -0.2) is 36.0 Å². The average Bonchev–Trinajstić information content (AvgIpc) is 3.13. The Labute approximate surface area is 206 Å². The third kappa shape index (κ3) is 11.7. The van der Waals surface area contributed by atoms with Crippen molar-refractivity contribution in [1.29, 1.82) is 0 Å². The smallest absolute Gasteiger partial charge is 0 e. The van der Waals surface area contributed by atoms with Gasteiger partial charge in [0.25, 0.3) is 0 Å². The van der Waals surface area contributed by atoms with Crippen molar-refractivity contribution in [2.45, 2.75) is 98.8 Å². The van der Waals surface area contributed by atoms with Crippen LogP contribution in [0.15, 0.2) is 24.3 Å². The maximum absolute atomic E-state index is 2.54. The maximum Gasteiger partial charge on any atom is 0 e. The Hall–Kier alpha value is 0.963. The van der Waals surface area contributed by atoms with E-state index >= 15 is 0 Å². The van der Waals surface area contributed by atoms with E-state index in [0.717, 1.165) is 11.8 Å². The van der Waals surface area contributed by atoms with E-state index in [1.54, 1.807) is 0 Å². The summed E-state index contributed by atoms with van der Waals surface area (Å²) in [4.78, 5) is 0. The molecule has 0 amide bonds. The van der Waals surface area contributed by atoms with Crippen LogP contribution in [0.5, 0.6) is 0 Å². The molecule has 2 bridgehead atoms. The molecule has 179 valence electrons. The van der Waals surface area contributed by atoms with Crippen molar-refractivity contribution in [2.75, 3.05) is 25.7 Å². The van der Waals surface area contributed by atoms with Crippen LogP contribution in [0.2, 0.25) is 0 Å². The molecule has 0 fully saturated rings. The normalized spacial score (nSPS) is 22.9. The molecule has 2 rings (SSSR count). The minimum absolute atomic E-state index is 0. The van der Waals surface area contributed by atoms with Gasteiger partial charge in [0.2, 0.25) is 0 Å². The van der Waals surface area contributed by atoms with Crippen molar-refractivity contribution in [2.24, 2.45) is 22.7 Å². The van der Waals surface area contributed by atoms with Gasteiger partial charge in [-0.15, -0.1) is 15.8 Å². The minimum atomic E-state index is 0. The van der Waals surface area contributed by atoms with E-state index in [4.69, 9.17) is 0 Å². The second-order valence-corrected chi connectivity index (χ2v) is 19.4. The summed E-state index contributed by atoms with van der Waals surface area (Å²) in [6.07, 6.45) is 16.1. The SMILES string of the molecule is C1=CC2C=CC1C2.CP(CCP(C)C(C)(C)CC(C)(C)C)C(C)(C)CC(C)(C)C.[Rh]. The third-order valence-electron chi connectivity index (χ3n) is 6.52. The zero-order valence-electron chi connectivity index (χ0n) is 22.2. The van der Waals surface area contributed by atoms with Gasteiger partial charge in [-0.25, -0.2) is 0 Å². The monoisotopic (exact) mass is 541 g/mol. The van der Waals surface area contributed by atoms with E-state index in [2.05, 4.69) is 107 Å². The number of allylic oxidation sites excluding steroid dienone is 4. The van der Waals surface area contributed by atoms with Crippen LogP contribution in [-0.2, 0) is 19.5 Å². The number of hydrogen-bond donors (Lipinski definition) is 0. The van der Waals surface area contributed by atoms with Gasteiger partial charge in [0, 0.05) is 19.5 Å². The molecule has 3 heteroatoms. The summed E-state index contributed by atoms with van der Waals surface area (Å²) in [5, 5.41) is 1.02. The predicted octanol–water partition coefficient (Wildman–Crippen LogP) is 9.39. The van der Waals surface area contributed by atoms with Crippen LogP contribution in [0.3, 0.4) is 0 Å². The van der Waals surface area contributed by atoms with E-state index in [1.165, 1.54) is 31.6 Å². The van der Waals surface area contributed by atoms with Gasteiger partial charge in [-0.2, -0.15) is 0 Å². The fourth-order valence-electron chi connectivity index (χ4n) is 5.10. The van der Waals surface area contributed by atoms with Crippen molar-refractivity contribution >= 4 is 15.8 Å². The predicted molar refractivity (Wildman–Crippen MR) is 142 cm³/mol. The Morgan fingerprint density at radius 3 is 1.03 bits per heavy atom. The minimum Gasteiger partial charge on any atom is -0.104 e. The molecular weight excluding hydrogens is 489 g/mol. The van der Waals surface area contributed by atoms with Crippen LogP contribution < -0.4 is 0 Å². The molecule has 2 atom stereocenters. The molecule has 0 aromatic carbocycles. The van der Waals surface area contributed by atoms with Gasteiger partial charge < -0.3 is 0 Å². The van der Waals surface area contributed by atoms with E-state index < -0.39 is 0 Å². The van der Waals surface area contributed by atoms with Crippen molar-refractivity contribution in [3.63, 3.8) is 0 Å². The summed E-state index contributed by atoms with van der Waals surface area (Å²) >= 11 is 0. The molecule has 0 spiro atoms. The van der Waals surface area contributed by atoms with Crippen molar-refractivity contribution in [3.05, 3.63) is 24.3 Å². The maximum atomic E-state index is 2.54. The summed E-state index contributed by atoms with van der Waals surface area (Å²) in [5.74, 6) is 1.62. The molecule has 2 aliphatic rings. The van der Waals surface area contributed by atoms with E-state index in [9.17, 15) is 0 Å². The molecular formula is C27H52P2Rh. The summed E-state index contributed by atoms with van der Waals surface area (Å²) in [5.41, 5.74) is 0.894. The van der Waals surface area contributed by atoms with Crippen molar-refractivity contribution in [1.82, 2.24) is 0 Å². The Balaban J connectivity index is 0.000000862. The van der Waals surface area contributed by atoms with Crippen molar-refractivity contribution < 1.29 is 19.5 Å². The number of hydrogen-bond acceptors (Lipinski definition) is 0. The van der Waals surface area contributed by atoms with Crippen LogP contribution in [0.4, 0.5) is 0 Å². The molecule has 0 aromatic heterocycles. The van der Waals surface area contributed by atoms with Crippen LogP contribution >= 0.6 is 15.8 Å². The Kier molecular flexibility index (Phi) is 12.3. The molecule has 0 nitrogen and oxygen atoms in total. The first-order valence-corrected chi connectivity index (χ1v) is 15.7. The average molecular weight is 542 g/mol. The molecule has 2 unspecified atom stereocenters. The van der Waals surface area contributed by atoms with Gasteiger partial charge in [0.05, 0.1) is 0 Å². The van der Waals surface area contributed by atoms with E-state index in [-0.39, 0.29) is 35.3 Å². The van der Waals surface area contributed by atoms with Gasteiger partial charge in [-0.05, 0) is 77.9 Å². The fraction of sp³-hybridized carbons (Fsp3) is 0.852. The molecule has 0 aliphatic heterocycles. The molecule has 30 heavy (non-hydrogen) atoms. The fourth-order valence-corrected chi connectivity index (χ4v) is 10.2. The Morgan fingerprint density at radius 1 is 0.600 bits per heavy atom. The number of fused-ring (bicyclic) bond motifs is 2. The van der Waals surface area contributed by atoms with Crippen LogP contribution in [0.1, 0.15) is 88.5 Å². The molecule has 0 aromatic rings. The zero-order valence-corrected chi connectivity index (χ0v) is 25.7. The first kappa shape index (κ1) is 31.0. The molecule has 0 saturated heterocycles. The summed E-state index contributed by atoms with van der Waals surface area (Å²) < 4.78 is 0. The zero-order chi connectivity index (χ0) is 22.7. The van der Waals surface area contributed by atoms with Gasteiger partial charge >= 0.3 is 0 Å². The standard InChI is InChI=1S/C20H44P2.C7H8.Rh/c1-17(2,3)15-19(7,8)21(11)13-14-22(12)20(9,10)16-18(4,5)6;1-2-7-4-3-6(1)5-7;/h13-16H2,1-12H3;1-4,6-7H,5H2;. The molecule has 0 saturated carbocycles. The largest absolute Gasteiger partial charge is 0.104 e. The topological polar surface area (TPSA) is 0 Å². The van der Waals surface area contributed by atoms with Crippen LogP contribution in [0, 0.1) is 22.7 Å². The summed E-state index contributed by atoms with van der Waals surface area (Å²) in [6.45, 7) is 29.4. The van der Waals surface area contributed by atoms with Crippen molar-refractivity contribution in [3.8, 4) is 0 Å². The molecule has 0 N–H and O–H groups in total. The quantitative estimate of drug-likeness (QED) is 0.171. The first-order valence-electron chi connectivity index (χ1n) is 11.7. The van der Waals surface area contributed by atoms with Crippen LogP contribution in [0.25, 0.3) is 0 Å². The van der Waals surface area contributed by atoms with Gasteiger partial charge in [0.15, 0.2) is 0 Å². The van der Waals surface area contributed by atoms with Gasteiger partial charge in [-0.1, -0.05) is 93.5 Å². The first-order chi connectivity index (χ1) is 12.9. The second kappa shape index (κ2) is 11.9. The number of rotatable bonds is 7. The Morgan fingerprint density at radius 2 is 0.867 bits per heavy atom. The summed E-state index contributed by atoms with van der Waals surface area (Å²) in [6, 6.07) is 0. The molecule has 1 radical (unpaired) electrons. The third-order valence-corrected chi connectivity index (χ3v) is 13.1. The molecule has 2 aliphatic carbocycles.